The standard InChI is InChI=1S/C13H13ClN4O/c1-18(8-9-4-2-3-5-10(9)14)13(19)11-6-16-7-12(15)17-11/h2-7H,8H2,1H3,(H2,15,17). The maximum absolute atomic E-state index is 12.1. The second kappa shape index (κ2) is 5.67. The first-order chi connectivity index (χ1) is 9.08. The van der Waals surface area contributed by atoms with Crippen molar-refractivity contribution in [2.45, 2.75) is 6.54 Å². The topological polar surface area (TPSA) is 72.1 Å². The number of amides is 1. The Kier molecular flexibility index (Phi) is 3.97. The molecule has 0 fully saturated rings. The molecule has 0 saturated heterocycles. The van der Waals surface area contributed by atoms with Crippen LogP contribution in [0.15, 0.2) is 36.7 Å². The van der Waals surface area contributed by atoms with Crippen molar-refractivity contribution in [2.24, 2.45) is 0 Å². The zero-order valence-corrected chi connectivity index (χ0v) is 11.1. The molecular formula is C13H13ClN4O. The summed E-state index contributed by atoms with van der Waals surface area (Å²) >= 11 is 6.06. The number of aromatic nitrogens is 2. The van der Waals surface area contributed by atoms with E-state index in [1.807, 2.05) is 18.2 Å². The first kappa shape index (κ1) is 13.3. The largest absolute Gasteiger partial charge is 0.382 e. The van der Waals surface area contributed by atoms with Gasteiger partial charge in [-0.1, -0.05) is 29.8 Å². The van der Waals surface area contributed by atoms with Gasteiger partial charge in [-0.3, -0.25) is 9.78 Å². The summed E-state index contributed by atoms with van der Waals surface area (Å²) in [7, 11) is 1.68. The van der Waals surface area contributed by atoms with Crippen LogP contribution in [-0.2, 0) is 6.54 Å². The van der Waals surface area contributed by atoms with Gasteiger partial charge in [-0.05, 0) is 11.6 Å². The van der Waals surface area contributed by atoms with E-state index in [4.69, 9.17) is 17.3 Å². The molecule has 5 nitrogen and oxygen atoms in total. The molecule has 0 aliphatic rings. The predicted molar refractivity (Wildman–Crippen MR) is 73.7 cm³/mol. The van der Waals surface area contributed by atoms with Crippen molar-refractivity contribution >= 4 is 23.3 Å². The molecule has 0 spiro atoms. The van der Waals surface area contributed by atoms with E-state index in [1.54, 1.807) is 13.1 Å². The molecule has 0 aliphatic carbocycles. The van der Waals surface area contributed by atoms with Gasteiger partial charge in [0.1, 0.15) is 11.5 Å². The van der Waals surface area contributed by atoms with Crippen LogP contribution in [0.25, 0.3) is 0 Å². The number of nitrogen functional groups attached to an aromatic ring is 1. The number of carbonyl (C=O) groups excluding carboxylic acids is 1. The summed E-state index contributed by atoms with van der Waals surface area (Å²) in [4.78, 5) is 21.5. The number of carbonyl (C=O) groups is 1. The lowest BCUT2D eigenvalue weighted by atomic mass is 10.2. The van der Waals surface area contributed by atoms with Crippen molar-refractivity contribution in [3.05, 3.63) is 52.9 Å². The Balaban J connectivity index is 2.14. The van der Waals surface area contributed by atoms with Gasteiger partial charge in [-0.2, -0.15) is 0 Å². The number of nitrogens with zero attached hydrogens (tertiary/aromatic N) is 3. The molecule has 2 rings (SSSR count). The van der Waals surface area contributed by atoms with Gasteiger partial charge in [0.2, 0.25) is 0 Å². The molecule has 0 saturated carbocycles. The zero-order chi connectivity index (χ0) is 13.8. The minimum atomic E-state index is -0.250. The Morgan fingerprint density at radius 1 is 1.37 bits per heavy atom. The molecule has 1 aromatic carbocycles. The summed E-state index contributed by atoms with van der Waals surface area (Å²) in [5.41, 5.74) is 6.60. The molecule has 0 atom stereocenters. The lowest BCUT2D eigenvalue weighted by Crippen LogP contribution is -2.27. The van der Waals surface area contributed by atoms with E-state index in [0.717, 1.165) is 5.56 Å². The average Bonchev–Trinajstić information content (AvgIpc) is 2.40. The summed E-state index contributed by atoms with van der Waals surface area (Å²) in [5, 5.41) is 0.626. The number of rotatable bonds is 3. The Bertz CT molecular complexity index is 603. The molecule has 1 heterocycles. The van der Waals surface area contributed by atoms with Crippen molar-refractivity contribution < 1.29 is 4.79 Å². The van der Waals surface area contributed by atoms with E-state index in [0.29, 0.717) is 11.6 Å². The Hall–Kier alpha value is -2.14. The Morgan fingerprint density at radius 2 is 2.11 bits per heavy atom. The van der Waals surface area contributed by atoms with E-state index in [2.05, 4.69) is 9.97 Å². The molecule has 0 aliphatic heterocycles. The van der Waals surface area contributed by atoms with Crippen LogP contribution >= 0.6 is 11.6 Å². The molecular weight excluding hydrogens is 264 g/mol. The first-order valence-electron chi connectivity index (χ1n) is 5.64. The number of halogens is 1. The molecule has 0 unspecified atom stereocenters. The van der Waals surface area contributed by atoms with Crippen LogP contribution in [0.3, 0.4) is 0 Å². The van der Waals surface area contributed by atoms with Crippen LogP contribution in [-0.4, -0.2) is 27.8 Å². The third-order valence-corrected chi connectivity index (χ3v) is 2.95. The molecule has 98 valence electrons. The fraction of sp³-hybridized carbons (Fsp3) is 0.154. The smallest absolute Gasteiger partial charge is 0.274 e. The molecule has 2 aromatic rings. The van der Waals surface area contributed by atoms with Crippen molar-refractivity contribution in [3.8, 4) is 0 Å². The van der Waals surface area contributed by atoms with Gasteiger partial charge in [0.25, 0.3) is 5.91 Å². The maximum Gasteiger partial charge on any atom is 0.274 e. The van der Waals surface area contributed by atoms with E-state index >= 15 is 0 Å². The third kappa shape index (κ3) is 3.20. The SMILES string of the molecule is CN(Cc1ccccc1Cl)C(=O)c1cncc(N)n1. The van der Waals surface area contributed by atoms with Gasteiger partial charge in [0, 0.05) is 18.6 Å². The van der Waals surface area contributed by atoms with Gasteiger partial charge in [-0.25, -0.2) is 4.98 Å². The number of hydrogen-bond acceptors (Lipinski definition) is 4. The van der Waals surface area contributed by atoms with Crippen molar-refractivity contribution in [3.63, 3.8) is 0 Å². The molecule has 0 bridgehead atoms. The Labute approximate surface area is 116 Å². The fourth-order valence-electron chi connectivity index (χ4n) is 1.63. The van der Waals surface area contributed by atoms with Crippen LogP contribution in [0.5, 0.6) is 0 Å². The Morgan fingerprint density at radius 3 is 2.79 bits per heavy atom. The van der Waals surface area contributed by atoms with Gasteiger partial charge in [-0.15, -0.1) is 0 Å². The highest BCUT2D eigenvalue weighted by Gasteiger charge is 2.15. The molecule has 1 aromatic heterocycles. The predicted octanol–water partition coefficient (Wildman–Crippen LogP) is 1.98. The average molecular weight is 277 g/mol. The number of nitrogens with two attached hydrogens (primary N) is 1. The normalized spacial score (nSPS) is 10.2. The quantitative estimate of drug-likeness (QED) is 0.930. The summed E-state index contributed by atoms with van der Waals surface area (Å²) in [6.45, 7) is 0.398. The van der Waals surface area contributed by atoms with Gasteiger partial charge < -0.3 is 10.6 Å². The third-order valence-electron chi connectivity index (χ3n) is 2.58. The molecule has 6 heteroatoms. The molecule has 2 N–H and O–H groups in total. The summed E-state index contributed by atoms with van der Waals surface area (Å²) in [5.74, 6) is -0.0308. The highest BCUT2D eigenvalue weighted by atomic mass is 35.5. The second-order valence-electron chi connectivity index (χ2n) is 4.08. The van der Waals surface area contributed by atoms with E-state index in [9.17, 15) is 4.79 Å². The number of benzene rings is 1. The van der Waals surface area contributed by atoms with E-state index in [1.165, 1.54) is 17.3 Å². The summed E-state index contributed by atoms with van der Waals surface area (Å²) in [6.07, 6.45) is 2.78. The minimum Gasteiger partial charge on any atom is -0.382 e. The monoisotopic (exact) mass is 276 g/mol. The number of anilines is 1. The van der Waals surface area contributed by atoms with Crippen LogP contribution in [0.2, 0.25) is 5.02 Å². The van der Waals surface area contributed by atoms with Crippen LogP contribution in [0.1, 0.15) is 16.1 Å². The minimum absolute atomic E-state index is 0.217. The van der Waals surface area contributed by atoms with E-state index < -0.39 is 0 Å². The molecule has 19 heavy (non-hydrogen) atoms. The van der Waals surface area contributed by atoms with Crippen molar-refractivity contribution in [1.29, 1.82) is 0 Å². The maximum atomic E-state index is 12.1. The lowest BCUT2D eigenvalue weighted by Gasteiger charge is -2.17. The van der Waals surface area contributed by atoms with Crippen LogP contribution in [0, 0.1) is 0 Å². The van der Waals surface area contributed by atoms with Gasteiger partial charge in [0.05, 0.1) is 12.4 Å². The highest BCUT2D eigenvalue weighted by molar-refractivity contribution is 6.31. The van der Waals surface area contributed by atoms with E-state index in [-0.39, 0.29) is 17.4 Å². The van der Waals surface area contributed by atoms with Gasteiger partial charge >= 0.3 is 0 Å². The summed E-state index contributed by atoms with van der Waals surface area (Å²) in [6, 6.07) is 7.38. The zero-order valence-electron chi connectivity index (χ0n) is 10.4. The fourth-order valence-corrected chi connectivity index (χ4v) is 1.83. The highest BCUT2D eigenvalue weighted by Crippen LogP contribution is 2.17. The first-order valence-corrected chi connectivity index (χ1v) is 6.02. The number of hydrogen-bond donors (Lipinski definition) is 1. The van der Waals surface area contributed by atoms with Crippen molar-refractivity contribution in [2.75, 3.05) is 12.8 Å². The molecule has 1 amide bonds. The summed E-state index contributed by atoms with van der Waals surface area (Å²) < 4.78 is 0. The van der Waals surface area contributed by atoms with Crippen LogP contribution < -0.4 is 5.73 Å². The van der Waals surface area contributed by atoms with Crippen molar-refractivity contribution in [1.82, 2.24) is 14.9 Å². The van der Waals surface area contributed by atoms with Gasteiger partial charge in [0.15, 0.2) is 0 Å². The van der Waals surface area contributed by atoms with Crippen LogP contribution in [0.4, 0.5) is 5.82 Å². The lowest BCUT2D eigenvalue weighted by molar-refractivity contribution is 0.0779. The second-order valence-corrected chi connectivity index (χ2v) is 4.49. The molecule has 0 radical (unpaired) electrons.